The SMILES string of the molecule is CCOc1ccc(N(CC(=O)N(Cc2cccc(C)c2)C(Cc2ccccc2)C(=O)NC(C)CC)S(C)(=O)=O)cc1. The minimum absolute atomic E-state index is 0.0898. The number of nitrogens with zero attached hydrogens (tertiary/aromatic N) is 2. The summed E-state index contributed by atoms with van der Waals surface area (Å²) in [7, 11) is -3.83. The molecular weight excluding hydrogens is 538 g/mol. The van der Waals surface area contributed by atoms with Crippen LogP contribution < -0.4 is 14.4 Å². The van der Waals surface area contributed by atoms with E-state index >= 15 is 0 Å². The highest BCUT2D eigenvalue weighted by molar-refractivity contribution is 7.92. The molecule has 3 aromatic rings. The van der Waals surface area contributed by atoms with Gasteiger partial charge < -0.3 is 15.0 Å². The normalized spacial score (nSPS) is 12.7. The number of ether oxygens (including phenoxy) is 1. The first-order chi connectivity index (χ1) is 19.5. The largest absolute Gasteiger partial charge is 0.494 e. The zero-order valence-electron chi connectivity index (χ0n) is 24.5. The fourth-order valence-electron chi connectivity index (χ4n) is 4.49. The van der Waals surface area contributed by atoms with Gasteiger partial charge in [0.05, 0.1) is 18.6 Å². The fourth-order valence-corrected chi connectivity index (χ4v) is 5.34. The number of nitrogens with one attached hydrogen (secondary N) is 1. The van der Waals surface area contributed by atoms with Crippen LogP contribution in [0.1, 0.15) is 43.9 Å². The summed E-state index contributed by atoms with van der Waals surface area (Å²) in [4.78, 5) is 29.4. The molecule has 0 saturated heterocycles. The molecule has 0 radical (unpaired) electrons. The van der Waals surface area contributed by atoms with Gasteiger partial charge in [-0.3, -0.25) is 13.9 Å². The Hall–Kier alpha value is -3.85. The van der Waals surface area contributed by atoms with Crippen molar-refractivity contribution in [1.82, 2.24) is 10.2 Å². The average Bonchev–Trinajstić information content (AvgIpc) is 2.94. The molecule has 0 fully saturated rings. The van der Waals surface area contributed by atoms with Gasteiger partial charge in [0, 0.05) is 19.0 Å². The second-order valence-electron chi connectivity index (χ2n) is 10.2. The van der Waals surface area contributed by atoms with E-state index in [2.05, 4.69) is 5.32 Å². The van der Waals surface area contributed by atoms with Crippen LogP contribution in [0.5, 0.6) is 5.75 Å². The zero-order chi connectivity index (χ0) is 30.0. The van der Waals surface area contributed by atoms with E-state index in [4.69, 9.17) is 4.74 Å². The lowest BCUT2D eigenvalue weighted by atomic mass is 10.0. The van der Waals surface area contributed by atoms with Crippen molar-refractivity contribution in [1.29, 1.82) is 0 Å². The van der Waals surface area contributed by atoms with Crippen molar-refractivity contribution in [2.45, 2.75) is 59.2 Å². The molecule has 0 aromatic heterocycles. The molecule has 2 unspecified atom stereocenters. The van der Waals surface area contributed by atoms with Crippen molar-refractivity contribution in [2.75, 3.05) is 23.7 Å². The van der Waals surface area contributed by atoms with Crippen LogP contribution in [0, 0.1) is 6.92 Å². The van der Waals surface area contributed by atoms with Crippen LogP contribution in [0.4, 0.5) is 5.69 Å². The number of hydrogen-bond donors (Lipinski definition) is 1. The van der Waals surface area contributed by atoms with Crippen LogP contribution >= 0.6 is 0 Å². The molecule has 0 bridgehead atoms. The van der Waals surface area contributed by atoms with Gasteiger partial charge in [0.15, 0.2) is 0 Å². The highest BCUT2D eigenvalue weighted by atomic mass is 32.2. The summed E-state index contributed by atoms with van der Waals surface area (Å²) < 4.78 is 32.4. The van der Waals surface area contributed by atoms with E-state index in [1.807, 2.05) is 82.3 Å². The van der Waals surface area contributed by atoms with Crippen LogP contribution in [-0.4, -0.2) is 56.6 Å². The molecule has 41 heavy (non-hydrogen) atoms. The van der Waals surface area contributed by atoms with Crippen molar-refractivity contribution in [3.8, 4) is 5.75 Å². The molecule has 220 valence electrons. The molecule has 1 N–H and O–H groups in total. The minimum Gasteiger partial charge on any atom is -0.494 e. The first kappa shape index (κ1) is 31.7. The maximum atomic E-state index is 14.1. The molecule has 0 aliphatic heterocycles. The van der Waals surface area contributed by atoms with Crippen LogP contribution in [0.25, 0.3) is 0 Å². The van der Waals surface area contributed by atoms with Gasteiger partial charge in [-0.25, -0.2) is 8.42 Å². The molecule has 0 saturated carbocycles. The summed E-state index contributed by atoms with van der Waals surface area (Å²) in [6, 6.07) is 22.9. The number of anilines is 1. The number of benzene rings is 3. The Labute approximate surface area is 244 Å². The van der Waals surface area contributed by atoms with Gasteiger partial charge in [-0.05, 0) is 62.6 Å². The Morgan fingerprint density at radius 3 is 2.17 bits per heavy atom. The lowest BCUT2D eigenvalue weighted by molar-refractivity contribution is -0.140. The predicted octanol–water partition coefficient (Wildman–Crippen LogP) is 4.71. The summed E-state index contributed by atoms with van der Waals surface area (Å²) in [5, 5.41) is 3.04. The van der Waals surface area contributed by atoms with Crippen molar-refractivity contribution in [3.05, 3.63) is 95.6 Å². The Kier molecular flexibility index (Phi) is 11.3. The first-order valence-corrected chi connectivity index (χ1v) is 15.8. The van der Waals surface area contributed by atoms with E-state index in [9.17, 15) is 18.0 Å². The lowest BCUT2D eigenvalue weighted by Gasteiger charge is -2.34. The van der Waals surface area contributed by atoms with Gasteiger partial charge in [0.2, 0.25) is 21.8 Å². The maximum absolute atomic E-state index is 14.1. The molecule has 0 heterocycles. The number of sulfonamides is 1. The predicted molar refractivity (Wildman–Crippen MR) is 163 cm³/mol. The van der Waals surface area contributed by atoms with E-state index in [1.54, 1.807) is 24.3 Å². The molecule has 2 amide bonds. The van der Waals surface area contributed by atoms with Crippen molar-refractivity contribution < 1.29 is 22.7 Å². The standard InChI is InChI=1S/C32H41N3O5S/c1-6-25(4)33-32(37)30(21-26-13-9-8-10-14-26)34(22-27-15-11-12-24(3)20-27)31(36)23-35(41(5,38)39)28-16-18-29(19-17-28)40-7-2/h8-20,25,30H,6-7,21-23H2,1-5H3,(H,33,37). The molecule has 3 rings (SSSR count). The molecule has 9 heteroatoms. The number of rotatable bonds is 14. The molecule has 2 atom stereocenters. The molecule has 0 spiro atoms. The first-order valence-electron chi connectivity index (χ1n) is 13.9. The van der Waals surface area contributed by atoms with Gasteiger partial charge in [0.1, 0.15) is 18.3 Å². The Morgan fingerprint density at radius 2 is 1.59 bits per heavy atom. The third-order valence-corrected chi connectivity index (χ3v) is 7.96. The van der Waals surface area contributed by atoms with Gasteiger partial charge in [-0.15, -0.1) is 0 Å². The number of hydrogen-bond acceptors (Lipinski definition) is 5. The second kappa shape index (κ2) is 14.7. The second-order valence-corrected chi connectivity index (χ2v) is 12.1. The van der Waals surface area contributed by atoms with Crippen LogP contribution in [-0.2, 0) is 32.6 Å². The lowest BCUT2D eigenvalue weighted by Crippen LogP contribution is -2.54. The van der Waals surface area contributed by atoms with Crippen molar-refractivity contribution >= 4 is 27.5 Å². The van der Waals surface area contributed by atoms with E-state index in [1.165, 1.54) is 4.90 Å². The number of amides is 2. The highest BCUT2D eigenvalue weighted by Gasteiger charge is 2.33. The Morgan fingerprint density at radius 1 is 0.927 bits per heavy atom. The van der Waals surface area contributed by atoms with E-state index in [-0.39, 0.29) is 24.9 Å². The smallest absolute Gasteiger partial charge is 0.244 e. The molecule has 3 aromatic carbocycles. The van der Waals surface area contributed by atoms with E-state index < -0.39 is 28.5 Å². The van der Waals surface area contributed by atoms with Gasteiger partial charge in [-0.1, -0.05) is 67.1 Å². The summed E-state index contributed by atoms with van der Waals surface area (Å²) >= 11 is 0. The summed E-state index contributed by atoms with van der Waals surface area (Å²) in [5.41, 5.74) is 3.10. The molecule has 8 nitrogen and oxygen atoms in total. The average molecular weight is 580 g/mol. The van der Waals surface area contributed by atoms with Crippen molar-refractivity contribution in [2.24, 2.45) is 0 Å². The van der Waals surface area contributed by atoms with Gasteiger partial charge in [0.25, 0.3) is 0 Å². The van der Waals surface area contributed by atoms with Gasteiger partial charge in [-0.2, -0.15) is 0 Å². The molecular formula is C32H41N3O5S. The number of carbonyl (C=O) groups is 2. The summed E-state index contributed by atoms with van der Waals surface area (Å²) in [6.07, 6.45) is 2.08. The minimum atomic E-state index is -3.83. The molecule has 0 aliphatic carbocycles. The van der Waals surface area contributed by atoms with Crippen molar-refractivity contribution in [3.63, 3.8) is 0 Å². The van der Waals surface area contributed by atoms with Crippen LogP contribution in [0.15, 0.2) is 78.9 Å². The topological polar surface area (TPSA) is 96.0 Å². The summed E-state index contributed by atoms with van der Waals surface area (Å²) in [5.74, 6) is -0.163. The van der Waals surface area contributed by atoms with E-state index in [0.717, 1.165) is 33.7 Å². The Bertz CT molecular complexity index is 1390. The zero-order valence-corrected chi connectivity index (χ0v) is 25.4. The maximum Gasteiger partial charge on any atom is 0.244 e. The fraction of sp³-hybridized carbons (Fsp3) is 0.375. The number of carbonyl (C=O) groups excluding carboxylic acids is 2. The monoisotopic (exact) mass is 579 g/mol. The highest BCUT2D eigenvalue weighted by Crippen LogP contribution is 2.23. The summed E-state index contributed by atoms with van der Waals surface area (Å²) in [6.45, 7) is 7.89. The third kappa shape index (κ3) is 9.35. The number of aryl methyl sites for hydroxylation is 1. The third-order valence-electron chi connectivity index (χ3n) is 6.82. The van der Waals surface area contributed by atoms with E-state index in [0.29, 0.717) is 18.0 Å². The molecule has 0 aliphatic rings. The quantitative estimate of drug-likeness (QED) is 0.298. The Balaban J connectivity index is 2.04. The van der Waals surface area contributed by atoms with Crippen LogP contribution in [0.3, 0.4) is 0 Å². The van der Waals surface area contributed by atoms with Gasteiger partial charge >= 0.3 is 0 Å². The van der Waals surface area contributed by atoms with Crippen LogP contribution in [0.2, 0.25) is 0 Å².